The summed E-state index contributed by atoms with van der Waals surface area (Å²) in [5, 5.41) is 0.558. The molecule has 2 N–H and O–H groups in total. The lowest BCUT2D eigenvalue weighted by molar-refractivity contribution is -0.130. The van der Waals surface area contributed by atoms with Crippen LogP contribution in [-0.2, 0) is 9.59 Å². The monoisotopic (exact) mass is 362 g/mol. The number of aryl methyl sites for hydroxylation is 1. The van der Waals surface area contributed by atoms with Gasteiger partial charge in [0.1, 0.15) is 11.5 Å². The van der Waals surface area contributed by atoms with Crippen LogP contribution in [0, 0.1) is 6.92 Å². The molecule has 0 saturated carbocycles. The molecule has 0 fully saturated rings. The number of hydrogen-bond acceptors (Lipinski definition) is 4. The van der Waals surface area contributed by atoms with Gasteiger partial charge in [-0.1, -0.05) is 29.8 Å². The van der Waals surface area contributed by atoms with E-state index in [0.29, 0.717) is 16.5 Å². The summed E-state index contributed by atoms with van der Waals surface area (Å²) in [6.45, 7) is 1.91. The van der Waals surface area contributed by atoms with Crippen LogP contribution in [0.1, 0.15) is 12.0 Å². The van der Waals surface area contributed by atoms with Crippen LogP contribution in [-0.4, -0.2) is 25.0 Å². The molecule has 6 nitrogen and oxygen atoms in total. The minimum absolute atomic E-state index is 0.0888. The van der Waals surface area contributed by atoms with E-state index in [1.54, 1.807) is 30.3 Å². The Labute approximate surface area is 151 Å². The van der Waals surface area contributed by atoms with Crippen molar-refractivity contribution in [2.45, 2.75) is 13.3 Å². The lowest BCUT2D eigenvalue weighted by atomic mass is 10.2. The number of halogens is 1. The number of carbonyl (C=O) groups is 2. The molecule has 0 aliphatic heterocycles. The smallest absolute Gasteiger partial charge is 0.276 e. The van der Waals surface area contributed by atoms with Crippen LogP contribution in [0.2, 0.25) is 5.02 Å². The van der Waals surface area contributed by atoms with Crippen LogP contribution >= 0.6 is 11.6 Å². The summed E-state index contributed by atoms with van der Waals surface area (Å²) in [7, 11) is 0. The molecule has 2 aromatic rings. The van der Waals surface area contributed by atoms with E-state index in [2.05, 4.69) is 10.9 Å². The molecule has 0 aromatic heterocycles. The van der Waals surface area contributed by atoms with Crippen LogP contribution in [0.4, 0.5) is 0 Å². The molecule has 7 heteroatoms. The van der Waals surface area contributed by atoms with E-state index in [1.165, 1.54) is 0 Å². The van der Waals surface area contributed by atoms with Gasteiger partial charge in [-0.15, -0.1) is 0 Å². The summed E-state index contributed by atoms with van der Waals surface area (Å²) in [6, 6.07) is 14.2. The van der Waals surface area contributed by atoms with Crippen LogP contribution in [0.5, 0.6) is 11.5 Å². The fourth-order valence-electron chi connectivity index (χ4n) is 1.91. The lowest BCUT2D eigenvalue weighted by Crippen LogP contribution is -2.44. The first-order valence-electron chi connectivity index (χ1n) is 7.68. The molecule has 0 aliphatic carbocycles. The number of amides is 2. The quantitative estimate of drug-likeness (QED) is 0.742. The van der Waals surface area contributed by atoms with Crippen molar-refractivity contribution in [3.05, 3.63) is 59.1 Å². The number of benzene rings is 2. The zero-order chi connectivity index (χ0) is 18.1. The Hall–Kier alpha value is -2.73. The second kappa shape index (κ2) is 9.54. The Balaban J connectivity index is 1.61. The van der Waals surface area contributed by atoms with Gasteiger partial charge in [-0.3, -0.25) is 20.4 Å². The molecule has 0 radical (unpaired) electrons. The zero-order valence-electron chi connectivity index (χ0n) is 13.8. The van der Waals surface area contributed by atoms with Gasteiger partial charge in [0.2, 0.25) is 5.91 Å². The largest absolute Gasteiger partial charge is 0.493 e. The predicted molar refractivity (Wildman–Crippen MR) is 94.5 cm³/mol. The Morgan fingerprint density at radius 2 is 1.64 bits per heavy atom. The highest BCUT2D eigenvalue weighted by molar-refractivity contribution is 6.30. The molecular weight excluding hydrogens is 344 g/mol. The van der Waals surface area contributed by atoms with Gasteiger partial charge in [0.15, 0.2) is 6.61 Å². The van der Waals surface area contributed by atoms with E-state index in [1.807, 2.05) is 25.1 Å². The van der Waals surface area contributed by atoms with Crippen LogP contribution in [0.25, 0.3) is 0 Å². The predicted octanol–water partition coefficient (Wildman–Crippen LogP) is 2.64. The molecule has 0 heterocycles. The number of hydrazine groups is 1. The van der Waals surface area contributed by atoms with E-state index in [9.17, 15) is 9.59 Å². The Morgan fingerprint density at radius 3 is 2.36 bits per heavy atom. The third-order valence-electron chi connectivity index (χ3n) is 3.09. The van der Waals surface area contributed by atoms with E-state index in [-0.39, 0.29) is 25.5 Å². The first-order chi connectivity index (χ1) is 12.0. The SMILES string of the molecule is Cc1cccc(OCC(=O)NNC(=O)CCOc2cccc(Cl)c2)c1. The number of nitrogens with one attached hydrogen (secondary N) is 2. The lowest BCUT2D eigenvalue weighted by Gasteiger charge is -2.10. The second-order valence-corrected chi connectivity index (χ2v) is 5.69. The summed E-state index contributed by atoms with van der Waals surface area (Å²) in [4.78, 5) is 23.3. The number of hydrogen-bond donors (Lipinski definition) is 2. The maximum Gasteiger partial charge on any atom is 0.276 e. The first kappa shape index (κ1) is 18.6. The summed E-state index contributed by atoms with van der Waals surface area (Å²) < 4.78 is 10.7. The van der Waals surface area contributed by atoms with Crippen molar-refractivity contribution in [2.24, 2.45) is 0 Å². The average molecular weight is 363 g/mol. The molecular formula is C18H19ClN2O4. The molecule has 25 heavy (non-hydrogen) atoms. The third-order valence-corrected chi connectivity index (χ3v) is 3.33. The summed E-state index contributed by atoms with van der Waals surface area (Å²) in [6.07, 6.45) is 0.0888. The average Bonchev–Trinajstić information content (AvgIpc) is 2.58. The third kappa shape index (κ3) is 7.14. The Morgan fingerprint density at radius 1 is 0.960 bits per heavy atom. The second-order valence-electron chi connectivity index (χ2n) is 5.26. The topological polar surface area (TPSA) is 76.7 Å². The van der Waals surface area contributed by atoms with Crippen molar-refractivity contribution < 1.29 is 19.1 Å². The summed E-state index contributed by atoms with van der Waals surface area (Å²) >= 11 is 5.83. The molecule has 2 rings (SSSR count). The minimum atomic E-state index is -0.453. The van der Waals surface area contributed by atoms with Gasteiger partial charge in [0.25, 0.3) is 5.91 Å². The fourth-order valence-corrected chi connectivity index (χ4v) is 2.09. The van der Waals surface area contributed by atoms with Crippen LogP contribution in [0.3, 0.4) is 0 Å². The Kier molecular flexibility index (Phi) is 7.10. The van der Waals surface area contributed by atoms with Gasteiger partial charge in [0.05, 0.1) is 13.0 Å². The maximum absolute atomic E-state index is 11.7. The van der Waals surface area contributed by atoms with E-state index in [0.717, 1.165) is 5.56 Å². The highest BCUT2D eigenvalue weighted by atomic mass is 35.5. The molecule has 0 bridgehead atoms. The molecule has 0 saturated heterocycles. The van der Waals surface area contributed by atoms with E-state index >= 15 is 0 Å². The van der Waals surface area contributed by atoms with Gasteiger partial charge >= 0.3 is 0 Å². The molecule has 0 aliphatic rings. The molecule has 132 valence electrons. The van der Waals surface area contributed by atoms with Crippen molar-refractivity contribution in [3.63, 3.8) is 0 Å². The van der Waals surface area contributed by atoms with Crippen molar-refractivity contribution in [1.82, 2.24) is 10.9 Å². The molecule has 2 amide bonds. The normalized spacial score (nSPS) is 10.0. The minimum Gasteiger partial charge on any atom is -0.493 e. The van der Waals surface area contributed by atoms with Crippen molar-refractivity contribution in [2.75, 3.05) is 13.2 Å². The first-order valence-corrected chi connectivity index (χ1v) is 8.06. The molecule has 2 aromatic carbocycles. The van der Waals surface area contributed by atoms with Gasteiger partial charge < -0.3 is 9.47 Å². The highest BCUT2D eigenvalue weighted by Gasteiger charge is 2.06. The summed E-state index contributed by atoms with van der Waals surface area (Å²) in [5.41, 5.74) is 5.62. The molecule has 0 atom stereocenters. The van der Waals surface area contributed by atoms with Gasteiger partial charge in [-0.2, -0.15) is 0 Å². The van der Waals surface area contributed by atoms with E-state index in [4.69, 9.17) is 21.1 Å². The molecule has 0 unspecified atom stereocenters. The number of ether oxygens (including phenoxy) is 2. The molecule has 0 spiro atoms. The number of carbonyl (C=O) groups excluding carboxylic acids is 2. The Bertz CT molecular complexity index is 737. The van der Waals surface area contributed by atoms with Gasteiger partial charge in [-0.25, -0.2) is 0 Å². The van der Waals surface area contributed by atoms with Gasteiger partial charge in [0, 0.05) is 5.02 Å². The van der Waals surface area contributed by atoms with Crippen LogP contribution in [0.15, 0.2) is 48.5 Å². The summed E-state index contributed by atoms with van der Waals surface area (Å²) in [5.74, 6) is 0.351. The van der Waals surface area contributed by atoms with Crippen molar-refractivity contribution >= 4 is 23.4 Å². The zero-order valence-corrected chi connectivity index (χ0v) is 14.5. The maximum atomic E-state index is 11.7. The van der Waals surface area contributed by atoms with Crippen molar-refractivity contribution in [3.8, 4) is 11.5 Å². The van der Waals surface area contributed by atoms with Crippen LogP contribution < -0.4 is 20.3 Å². The fraction of sp³-hybridized carbons (Fsp3) is 0.222. The van der Waals surface area contributed by atoms with Crippen molar-refractivity contribution in [1.29, 1.82) is 0 Å². The standard InChI is InChI=1S/C18H19ClN2O4/c1-13-4-2-6-15(10-13)25-12-18(23)21-20-17(22)8-9-24-16-7-3-5-14(19)11-16/h2-7,10-11H,8-9,12H2,1H3,(H,20,22)(H,21,23). The van der Waals surface area contributed by atoms with Gasteiger partial charge in [-0.05, 0) is 42.8 Å². The number of rotatable bonds is 7. The van der Waals surface area contributed by atoms with E-state index < -0.39 is 5.91 Å². The highest BCUT2D eigenvalue weighted by Crippen LogP contribution is 2.17.